The molecule has 8 heteroatoms. The third kappa shape index (κ3) is 6.40. The summed E-state index contributed by atoms with van der Waals surface area (Å²) in [7, 11) is -3.89. The zero-order valence-electron chi connectivity index (χ0n) is 12.3. The molecule has 0 saturated carbocycles. The summed E-state index contributed by atoms with van der Waals surface area (Å²) >= 11 is 0. The van der Waals surface area contributed by atoms with Crippen molar-refractivity contribution in [3.05, 3.63) is 42.0 Å². The SMILES string of the molecule is CC(=O)OC/C=C/CNC(=O)NS(=O)(=O)c1ccc(C)cc1. The molecule has 1 aromatic carbocycles. The molecule has 0 spiro atoms. The number of hydrogen-bond acceptors (Lipinski definition) is 5. The zero-order chi connectivity index (χ0) is 16.6. The van der Waals surface area contributed by atoms with Gasteiger partial charge in [-0.25, -0.2) is 17.9 Å². The van der Waals surface area contributed by atoms with Gasteiger partial charge >= 0.3 is 12.0 Å². The van der Waals surface area contributed by atoms with Crippen molar-refractivity contribution in [3.63, 3.8) is 0 Å². The summed E-state index contributed by atoms with van der Waals surface area (Å²) in [5.74, 6) is -0.403. The van der Waals surface area contributed by atoms with Crippen molar-refractivity contribution >= 4 is 22.0 Å². The third-order valence-corrected chi connectivity index (χ3v) is 3.84. The predicted octanol–water partition coefficient (Wildman–Crippen LogP) is 1.10. The minimum atomic E-state index is -3.89. The van der Waals surface area contributed by atoms with Crippen LogP contribution >= 0.6 is 0 Å². The summed E-state index contributed by atoms with van der Waals surface area (Å²) in [5, 5.41) is 2.35. The number of carbonyl (C=O) groups excluding carboxylic acids is 2. The average molecular weight is 326 g/mol. The average Bonchev–Trinajstić information content (AvgIpc) is 2.42. The second kappa shape index (κ2) is 8.18. The molecule has 0 fully saturated rings. The Morgan fingerprint density at radius 2 is 1.82 bits per heavy atom. The van der Waals surface area contributed by atoms with Crippen LogP contribution in [0.2, 0.25) is 0 Å². The largest absolute Gasteiger partial charge is 0.462 e. The van der Waals surface area contributed by atoms with Gasteiger partial charge in [-0.15, -0.1) is 0 Å². The minimum absolute atomic E-state index is 0.0126. The van der Waals surface area contributed by atoms with E-state index in [4.69, 9.17) is 0 Å². The summed E-state index contributed by atoms with van der Waals surface area (Å²) < 4.78 is 30.4. The van der Waals surface area contributed by atoms with Crippen LogP contribution < -0.4 is 10.0 Å². The predicted molar refractivity (Wildman–Crippen MR) is 80.7 cm³/mol. The van der Waals surface area contributed by atoms with Gasteiger partial charge in [0.05, 0.1) is 4.90 Å². The topological polar surface area (TPSA) is 102 Å². The van der Waals surface area contributed by atoms with E-state index in [0.29, 0.717) is 0 Å². The molecular formula is C14H18N2O5S. The fraction of sp³-hybridized carbons (Fsp3) is 0.286. The van der Waals surface area contributed by atoms with Gasteiger partial charge in [-0.05, 0) is 25.1 Å². The first kappa shape index (κ1) is 17.7. The van der Waals surface area contributed by atoms with E-state index in [9.17, 15) is 18.0 Å². The number of urea groups is 1. The summed E-state index contributed by atoms with van der Waals surface area (Å²) in [4.78, 5) is 22.0. The maximum absolute atomic E-state index is 11.9. The summed E-state index contributed by atoms with van der Waals surface area (Å²) in [6, 6.07) is 5.29. The van der Waals surface area contributed by atoms with E-state index in [0.717, 1.165) is 5.56 Å². The van der Waals surface area contributed by atoms with Crippen LogP contribution in [0.3, 0.4) is 0 Å². The van der Waals surface area contributed by atoms with E-state index < -0.39 is 22.0 Å². The van der Waals surface area contributed by atoms with Crippen molar-refractivity contribution < 1.29 is 22.7 Å². The number of amides is 2. The van der Waals surface area contributed by atoms with E-state index >= 15 is 0 Å². The smallest absolute Gasteiger partial charge is 0.328 e. The molecule has 1 rings (SSSR count). The highest BCUT2D eigenvalue weighted by molar-refractivity contribution is 7.90. The van der Waals surface area contributed by atoms with E-state index in [1.54, 1.807) is 18.2 Å². The highest BCUT2D eigenvalue weighted by Crippen LogP contribution is 2.09. The maximum atomic E-state index is 11.9. The van der Waals surface area contributed by atoms with Gasteiger partial charge in [0.25, 0.3) is 10.0 Å². The normalized spacial score (nSPS) is 11.2. The van der Waals surface area contributed by atoms with Crippen LogP contribution in [-0.2, 0) is 19.6 Å². The molecule has 0 radical (unpaired) electrons. The van der Waals surface area contributed by atoms with Crippen LogP contribution in [0.25, 0.3) is 0 Å². The molecule has 7 nitrogen and oxygen atoms in total. The Kier molecular flexibility index (Phi) is 6.58. The first-order valence-electron chi connectivity index (χ1n) is 6.47. The number of esters is 1. The van der Waals surface area contributed by atoms with E-state index in [2.05, 4.69) is 10.1 Å². The first-order chi connectivity index (χ1) is 10.3. The van der Waals surface area contributed by atoms with E-state index in [1.165, 1.54) is 25.1 Å². The highest BCUT2D eigenvalue weighted by atomic mass is 32.2. The number of aryl methyl sites for hydroxylation is 1. The van der Waals surface area contributed by atoms with Crippen LogP contribution in [0, 0.1) is 6.92 Å². The summed E-state index contributed by atoms with van der Waals surface area (Å²) in [5.41, 5.74) is 0.918. The number of carbonyl (C=O) groups is 2. The Morgan fingerprint density at radius 1 is 1.18 bits per heavy atom. The van der Waals surface area contributed by atoms with Crippen molar-refractivity contribution in [2.45, 2.75) is 18.7 Å². The van der Waals surface area contributed by atoms with E-state index in [-0.39, 0.29) is 18.0 Å². The van der Waals surface area contributed by atoms with Gasteiger partial charge in [0, 0.05) is 13.5 Å². The molecule has 0 aliphatic rings. The second-order valence-electron chi connectivity index (χ2n) is 4.40. The fourth-order valence-corrected chi connectivity index (χ4v) is 2.33. The Balaban J connectivity index is 2.44. The van der Waals surface area contributed by atoms with Gasteiger partial charge in [0.2, 0.25) is 0 Å². The lowest BCUT2D eigenvalue weighted by Gasteiger charge is -2.07. The lowest BCUT2D eigenvalue weighted by atomic mass is 10.2. The lowest BCUT2D eigenvalue weighted by Crippen LogP contribution is -2.39. The molecule has 1 aromatic rings. The van der Waals surface area contributed by atoms with Crippen molar-refractivity contribution in [2.75, 3.05) is 13.2 Å². The Labute approximate surface area is 129 Å². The molecule has 0 aliphatic carbocycles. The van der Waals surface area contributed by atoms with Crippen LogP contribution in [-0.4, -0.2) is 33.6 Å². The van der Waals surface area contributed by atoms with Crippen molar-refractivity contribution in [3.8, 4) is 0 Å². The molecule has 0 unspecified atom stereocenters. The van der Waals surface area contributed by atoms with Crippen LogP contribution in [0.4, 0.5) is 4.79 Å². The lowest BCUT2D eigenvalue weighted by molar-refractivity contribution is -0.139. The number of nitrogens with one attached hydrogen (secondary N) is 2. The van der Waals surface area contributed by atoms with Gasteiger partial charge in [0.15, 0.2) is 0 Å². The Bertz CT molecular complexity index is 650. The molecule has 0 bridgehead atoms. The van der Waals surface area contributed by atoms with Gasteiger partial charge in [-0.1, -0.05) is 23.8 Å². The van der Waals surface area contributed by atoms with Crippen molar-refractivity contribution in [1.29, 1.82) is 0 Å². The van der Waals surface area contributed by atoms with Crippen LogP contribution in [0.1, 0.15) is 12.5 Å². The third-order valence-electron chi connectivity index (χ3n) is 2.49. The number of hydrogen-bond donors (Lipinski definition) is 2. The molecule has 22 heavy (non-hydrogen) atoms. The van der Waals surface area contributed by atoms with Gasteiger partial charge in [-0.2, -0.15) is 0 Å². The molecule has 2 N–H and O–H groups in total. The number of sulfonamides is 1. The Morgan fingerprint density at radius 3 is 2.41 bits per heavy atom. The second-order valence-corrected chi connectivity index (χ2v) is 6.08. The van der Waals surface area contributed by atoms with Gasteiger partial charge < -0.3 is 10.1 Å². The summed E-state index contributed by atoms with van der Waals surface area (Å²) in [6.07, 6.45) is 3.08. The molecule has 0 heterocycles. The monoisotopic (exact) mass is 326 g/mol. The molecule has 0 aliphatic heterocycles. The van der Waals surface area contributed by atoms with Crippen molar-refractivity contribution in [1.82, 2.24) is 10.0 Å². The van der Waals surface area contributed by atoms with Crippen molar-refractivity contribution in [2.24, 2.45) is 0 Å². The molecule has 120 valence electrons. The molecule has 2 amide bonds. The van der Waals surface area contributed by atoms with Gasteiger partial charge in [0.1, 0.15) is 6.61 Å². The number of rotatable bonds is 6. The van der Waals surface area contributed by atoms with Crippen LogP contribution in [0.5, 0.6) is 0 Å². The standard InChI is InChI=1S/C14H18N2O5S/c1-11-5-7-13(8-6-11)22(19,20)16-14(18)15-9-3-4-10-21-12(2)17/h3-8H,9-10H2,1-2H3,(H2,15,16,18)/b4-3+. The quantitative estimate of drug-likeness (QED) is 0.602. The zero-order valence-corrected chi connectivity index (χ0v) is 13.1. The summed E-state index contributed by atoms with van der Waals surface area (Å²) in [6.45, 7) is 3.32. The number of ether oxygens (including phenoxy) is 1. The first-order valence-corrected chi connectivity index (χ1v) is 7.95. The number of benzene rings is 1. The fourth-order valence-electron chi connectivity index (χ4n) is 1.40. The molecule has 0 atom stereocenters. The maximum Gasteiger partial charge on any atom is 0.328 e. The molecular weight excluding hydrogens is 308 g/mol. The van der Waals surface area contributed by atoms with E-state index in [1.807, 2.05) is 11.6 Å². The van der Waals surface area contributed by atoms with Crippen LogP contribution in [0.15, 0.2) is 41.3 Å². The highest BCUT2D eigenvalue weighted by Gasteiger charge is 2.16. The Hall–Kier alpha value is -2.35. The molecule has 0 aromatic heterocycles. The minimum Gasteiger partial charge on any atom is -0.462 e. The molecule has 0 saturated heterocycles. The van der Waals surface area contributed by atoms with Gasteiger partial charge in [-0.3, -0.25) is 4.79 Å².